The number of guanidine groups is 1. The summed E-state index contributed by atoms with van der Waals surface area (Å²) < 4.78 is 0. The van der Waals surface area contributed by atoms with Gasteiger partial charge < -0.3 is 16.4 Å². The van der Waals surface area contributed by atoms with E-state index in [-0.39, 0.29) is 11.8 Å². The van der Waals surface area contributed by atoms with Gasteiger partial charge in [-0.05, 0) is 12.8 Å². The molecule has 5 heteroatoms. The van der Waals surface area contributed by atoms with Crippen molar-refractivity contribution in [3.8, 4) is 0 Å². The predicted octanol–water partition coefficient (Wildman–Crippen LogP) is -0.317. The Hall–Kier alpha value is -1.26. The van der Waals surface area contributed by atoms with Crippen molar-refractivity contribution in [2.75, 3.05) is 20.6 Å². The van der Waals surface area contributed by atoms with E-state index in [1.807, 2.05) is 6.92 Å². The highest BCUT2D eigenvalue weighted by Gasteiger charge is 2.09. The minimum absolute atomic E-state index is 0.0570. The number of carbonyl (C=O) groups excluding carboxylic acids is 1. The molecule has 0 aromatic rings. The highest BCUT2D eigenvalue weighted by molar-refractivity contribution is 5.78. The molecule has 0 radical (unpaired) electrons. The summed E-state index contributed by atoms with van der Waals surface area (Å²) in [5, 5.41) is 5.56. The fraction of sp³-hybridized carbons (Fsp3) is 0.778. The molecule has 0 aliphatic carbocycles. The van der Waals surface area contributed by atoms with Crippen LogP contribution in [0.4, 0.5) is 0 Å². The number of nitrogens with one attached hydrogen (secondary N) is 2. The maximum atomic E-state index is 11.1. The number of rotatable bonds is 5. The molecule has 1 atom stereocenters. The van der Waals surface area contributed by atoms with Gasteiger partial charge in [-0.25, -0.2) is 0 Å². The number of hydrogen-bond acceptors (Lipinski definition) is 2. The number of nitrogens with zero attached hydrogens (tertiary/aromatic N) is 1. The van der Waals surface area contributed by atoms with E-state index in [0.717, 1.165) is 19.4 Å². The van der Waals surface area contributed by atoms with E-state index in [2.05, 4.69) is 15.6 Å². The molecule has 14 heavy (non-hydrogen) atoms. The molecule has 0 rings (SSSR count). The molecule has 82 valence electrons. The van der Waals surface area contributed by atoms with Crippen LogP contribution >= 0.6 is 0 Å². The Morgan fingerprint density at radius 2 is 2.21 bits per heavy atom. The average molecular weight is 200 g/mol. The lowest BCUT2D eigenvalue weighted by Gasteiger charge is -2.09. The Kier molecular flexibility index (Phi) is 6.53. The van der Waals surface area contributed by atoms with Gasteiger partial charge in [0.05, 0.1) is 0 Å². The van der Waals surface area contributed by atoms with E-state index < -0.39 is 0 Å². The van der Waals surface area contributed by atoms with Crippen LogP contribution in [0, 0.1) is 5.92 Å². The van der Waals surface area contributed by atoms with Crippen molar-refractivity contribution in [3.63, 3.8) is 0 Å². The minimum Gasteiger partial charge on any atom is -0.370 e. The molecule has 4 N–H and O–H groups in total. The highest BCUT2D eigenvalue weighted by Crippen LogP contribution is 2.03. The van der Waals surface area contributed by atoms with Crippen molar-refractivity contribution in [1.29, 1.82) is 0 Å². The van der Waals surface area contributed by atoms with Crippen LogP contribution in [0.1, 0.15) is 19.8 Å². The second kappa shape index (κ2) is 7.17. The molecule has 0 fully saturated rings. The van der Waals surface area contributed by atoms with Gasteiger partial charge in [0.1, 0.15) is 0 Å². The summed E-state index contributed by atoms with van der Waals surface area (Å²) in [4.78, 5) is 14.9. The molecule has 0 bridgehead atoms. The maximum Gasteiger partial charge on any atom is 0.222 e. The third-order valence-electron chi connectivity index (χ3n) is 2.05. The van der Waals surface area contributed by atoms with E-state index in [1.54, 1.807) is 14.1 Å². The van der Waals surface area contributed by atoms with Gasteiger partial charge in [-0.15, -0.1) is 0 Å². The fourth-order valence-electron chi connectivity index (χ4n) is 1.08. The van der Waals surface area contributed by atoms with Crippen LogP contribution in [0.5, 0.6) is 0 Å². The molecule has 0 saturated heterocycles. The molecule has 0 aliphatic rings. The second-order valence-corrected chi connectivity index (χ2v) is 3.19. The minimum atomic E-state index is 0.0570. The van der Waals surface area contributed by atoms with Crippen LogP contribution < -0.4 is 16.4 Å². The third kappa shape index (κ3) is 5.40. The lowest BCUT2D eigenvalue weighted by molar-refractivity contribution is -0.124. The third-order valence-corrected chi connectivity index (χ3v) is 2.05. The van der Waals surface area contributed by atoms with E-state index in [9.17, 15) is 4.79 Å². The Morgan fingerprint density at radius 1 is 1.57 bits per heavy atom. The first-order chi connectivity index (χ1) is 6.61. The van der Waals surface area contributed by atoms with Gasteiger partial charge in [0.25, 0.3) is 0 Å². The average Bonchev–Trinajstić information content (AvgIpc) is 2.22. The summed E-state index contributed by atoms with van der Waals surface area (Å²) >= 11 is 0. The fourth-order valence-corrected chi connectivity index (χ4v) is 1.08. The summed E-state index contributed by atoms with van der Waals surface area (Å²) in [5.41, 5.74) is 5.44. The molecule has 0 aliphatic heterocycles. The Morgan fingerprint density at radius 3 is 2.71 bits per heavy atom. The van der Waals surface area contributed by atoms with Crippen molar-refractivity contribution < 1.29 is 4.79 Å². The summed E-state index contributed by atoms with van der Waals surface area (Å²) in [6.07, 6.45) is 1.76. The summed E-state index contributed by atoms with van der Waals surface area (Å²) in [7, 11) is 3.29. The van der Waals surface area contributed by atoms with Gasteiger partial charge in [0.15, 0.2) is 5.96 Å². The molecule has 1 amide bonds. The Bertz CT molecular complexity index is 203. The largest absolute Gasteiger partial charge is 0.370 e. The van der Waals surface area contributed by atoms with Gasteiger partial charge in [-0.3, -0.25) is 9.79 Å². The molecule has 0 heterocycles. The van der Waals surface area contributed by atoms with E-state index >= 15 is 0 Å². The van der Waals surface area contributed by atoms with Gasteiger partial charge in [0, 0.05) is 26.6 Å². The smallest absolute Gasteiger partial charge is 0.222 e. The van der Waals surface area contributed by atoms with Crippen molar-refractivity contribution >= 4 is 11.9 Å². The first-order valence-electron chi connectivity index (χ1n) is 4.79. The van der Waals surface area contributed by atoms with Crippen LogP contribution in [0.3, 0.4) is 0 Å². The first kappa shape index (κ1) is 12.7. The highest BCUT2D eigenvalue weighted by atomic mass is 16.1. The number of carbonyl (C=O) groups is 1. The zero-order valence-corrected chi connectivity index (χ0v) is 9.13. The quantitative estimate of drug-likeness (QED) is 0.323. The Labute approximate surface area is 85.2 Å². The monoisotopic (exact) mass is 200 g/mol. The topological polar surface area (TPSA) is 79.5 Å². The van der Waals surface area contributed by atoms with Crippen molar-refractivity contribution in [3.05, 3.63) is 0 Å². The number of aliphatic imine (C=N–C) groups is 1. The lowest BCUT2D eigenvalue weighted by Crippen LogP contribution is -2.32. The molecule has 0 spiro atoms. The van der Waals surface area contributed by atoms with Crippen LogP contribution in [0.15, 0.2) is 4.99 Å². The van der Waals surface area contributed by atoms with Gasteiger partial charge in [0.2, 0.25) is 5.91 Å². The van der Waals surface area contributed by atoms with E-state index in [1.165, 1.54) is 0 Å². The van der Waals surface area contributed by atoms with E-state index in [4.69, 9.17) is 5.73 Å². The van der Waals surface area contributed by atoms with Crippen LogP contribution in [-0.2, 0) is 4.79 Å². The second-order valence-electron chi connectivity index (χ2n) is 3.19. The van der Waals surface area contributed by atoms with Gasteiger partial charge >= 0.3 is 0 Å². The van der Waals surface area contributed by atoms with Crippen molar-refractivity contribution in [1.82, 2.24) is 10.6 Å². The Balaban J connectivity index is 3.50. The van der Waals surface area contributed by atoms with Crippen LogP contribution in [-0.4, -0.2) is 32.5 Å². The van der Waals surface area contributed by atoms with Crippen LogP contribution in [0.2, 0.25) is 0 Å². The number of hydrogen-bond donors (Lipinski definition) is 3. The zero-order chi connectivity index (χ0) is 11.0. The molecular formula is C9H20N4O. The van der Waals surface area contributed by atoms with Crippen molar-refractivity contribution in [2.24, 2.45) is 16.6 Å². The summed E-state index contributed by atoms with van der Waals surface area (Å²) in [6.45, 7) is 2.67. The molecular weight excluding hydrogens is 180 g/mol. The number of nitrogens with two attached hydrogens (primary N) is 1. The molecule has 0 aromatic heterocycles. The standard InChI is InChI=1S/C9H20N4O/c1-7(8(14)11-2)5-4-6-13-9(10)12-3/h7H,4-6H2,1-3H3,(H,11,14)(H3,10,12,13). The normalized spacial score (nSPS) is 13.5. The molecule has 0 saturated carbocycles. The van der Waals surface area contributed by atoms with Gasteiger partial charge in [-0.2, -0.15) is 0 Å². The zero-order valence-electron chi connectivity index (χ0n) is 9.13. The summed E-state index contributed by atoms with van der Waals surface area (Å²) in [6, 6.07) is 0. The molecule has 5 nitrogen and oxygen atoms in total. The first-order valence-corrected chi connectivity index (χ1v) is 4.79. The maximum absolute atomic E-state index is 11.1. The molecule has 1 unspecified atom stereocenters. The summed E-state index contributed by atoms with van der Waals surface area (Å²) in [5.74, 6) is 0.585. The van der Waals surface area contributed by atoms with Crippen molar-refractivity contribution in [2.45, 2.75) is 19.8 Å². The predicted molar refractivity (Wildman–Crippen MR) is 58.0 cm³/mol. The molecule has 0 aromatic carbocycles. The van der Waals surface area contributed by atoms with Crippen LogP contribution in [0.25, 0.3) is 0 Å². The number of amides is 1. The van der Waals surface area contributed by atoms with E-state index in [0.29, 0.717) is 5.96 Å². The lowest BCUT2D eigenvalue weighted by atomic mass is 10.1. The van der Waals surface area contributed by atoms with Gasteiger partial charge in [-0.1, -0.05) is 6.92 Å². The SMILES string of the molecule is CN=C(N)NCCCC(C)C(=O)NC.